The van der Waals surface area contributed by atoms with E-state index < -0.39 is 0 Å². The molecule has 0 saturated heterocycles. The summed E-state index contributed by atoms with van der Waals surface area (Å²) in [5.41, 5.74) is 7.52. The topological polar surface area (TPSA) is 48.1 Å². The molecule has 2 unspecified atom stereocenters. The molecule has 0 radical (unpaired) electrons. The van der Waals surface area contributed by atoms with Gasteiger partial charge in [-0.25, -0.2) is 0 Å². The molecular weight excluding hydrogens is 268 g/mol. The van der Waals surface area contributed by atoms with Crippen molar-refractivity contribution in [2.45, 2.75) is 29.5 Å². The van der Waals surface area contributed by atoms with Crippen LogP contribution in [-0.4, -0.2) is 18.1 Å². The van der Waals surface area contributed by atoms with Crippen LogP contribution in [0.15, 0.2) is 53.7 Å². The van der Waals surface area contributed by atoms with E-state index in [1.54, 1.807) is 18.9 Å². The predicted octanol–water partition coefficient (Wildman–Crippen LogP) is 3.66. The highest BCUT2D eigenvalue weighted by Crippen LogP contribution is 2.38. The fourth-order valence-corrected chi connectivity index (χ4v) is 3.21. The standard InChI is InChI=1S/C16H20N2OS/c1-3-15(17)16(20-14-8-10-18-11-9-14)12-4-6-13(19-2)7-5-12/h4-11,15-16H,3,17H2,1-2H3. The van der Waals surface area contributed by atoms with Gasteiger partial charge >= 0.3 is 0 Å². The summed E-state index contributed by atoms with van der Waals surface area (Å²) in [7, 11) is 1.68. The second-order valence-electron chi connectivity index (χ2n) is 4.57. The molecule has 0 saturated carbocycles. The molecule has 2 rings (SSSR count). The molecule has 0 fully saturated rings. The number of methoxy groups -OCH3 is 1. The molecular formula is C16H20N2OS. The Balaban J connectivity index is 2.22. The number of ether oxygens (including phenoxy) is 1. The third kappa shape index (κ3) is 3.74. The molecule has 0 bridgehead atoms. The smallest absolute Gasteiger partial charge is 0.118 e. The van der Waals surface area contributed by atoms with Crippen LogP contribution in [0.1, 0.15) is 24.2 Å². The van der Waals surface area contributed by atoms with Crippen molar-refractivity contribution in [2.75, 3.05) is 7.11 Å². The monoisotopic (exact) mass is 288 g/mol. The Kier molecular flexibility index (Phi) is 5.44. The summed E-state index contributed by atoms with van der Waals surface area (Å²) in [4.78, 5) is 5.24. The molecule has 1 aromatic carbocycles. The Labute approximate surface area is 124 Å². The summed E-state index contributed by atoms with van der Waals surface area (Å²) in [6, 6.07) is 12.3. The Hall–Kier alpha value is -1.52. The number of rotatable bonds is 6. The molecule has 2 aromatic rings. The van der Waals surface area contributed by atoms with Crippen molar-refractivity contribution in [3.05, 3.63) is 54.4 Å². The molecule has 0 aliphatic carbocycles. The number of hydrogen-bond donors (Lipinski definition) is 1. The zero-order valence-electron chi connectivity index (χ0n) is 11.8. The second kappa shape index (κ2) is 7.31. The third-order valence-electron chi connectivity index (χ3n) is 3.22. The lowest BCUT2D eigenvalue weighted by molar-refractivity contribution is 0.414. The van der Waals surface area contributed by atoms with Gasteiger partial charge in [0, 0.05) is 28.6 Å². The minimum Gasteiger partial charge on any atom is -0.497 e. The van der Waals surface area contributed by atoms with Crippen LogP contribution in [0.2, 0.25) is 0 Å². The van der Waals surface area contributed by atoms with E-state index in [-0.39, 0.29) is 11.3 Å². The summed E-state index contributed by atoms with van der Waals surface area (Å²) in [6.45, 7) is 2.12. The van der Waals surface area contributed by atoms with Crippen LogP contribution in [-0.2, 0) is 0 Å². The first kappa shape index (κ1) is 14.9. The van der Waals surface area contributed by atoms with Crippen molar-refractivity contribution in [1.29, 1.82) is 0 Å². The Morgan fingerprint density at radius 2 is 1.80 bits per heavy atom. The van der Waals surface area contributed by atoms with Gasteiger partial charge in [0.1, 0.15) is 5.75 Å². The number of benzene rings is 1. The van der Waals surface area contributed by atoms with Crippen LogP contribution in [0.5, 0.6) is 5.75 Å². The predicted molar refractivity (Wildman–Crippen MR) is 84.1 cm³/mol. The van der Waals surface area contributed by atoms with E-state index in [1.807, 2.05) is 36.7 Å². The van der Waals surface area contributed by atoms with Crippen LogP contribution in [0.25, 0.3) is 0 Å². The first-order chi connectivity index (χ1) is 9.74. The number of thioether (sulfide) groups is 1. The molecule has 2 N–H and O–H groups in total. The zero-order chi connectivity index (χ0) is 14.4. The van der Waals surface area contributed by atoms with Crippen molar-refractivity contribution >= 4 is 11.8 Å². The average molecular weight is 288 g/mol. The van der Waals surface area contributed by atoms with Gasteiger partial charge in [0.15, 0.2) is 0 Å². The molecule has 2 atom stereocenters. The van der Waals surface area contributed by atoms with Gasteiger partial charge in [0.2, 0.25) is 0 Å². The first-order valence-electron chi connectivity index (χ1n) is 6.70. The average Bonchev–Trinajstić information content (AvgIpc) is 2.53. The highest BCUT2D eigenvalue weighted by molar-refractivity contribution is 7.99. The lowest BCUT2D eigenvalue weighted by atomic mass is 10.0. The summed E-state index contributed by atoms with van der Waals surface area (Å²) in [5.74, 6) is 0.867. The molecule has 0 amide bonds. The van der Waals surface area contributed by atoms with E-state index >= 15 is 0 Å². The quantitative estimate of drug-likeness (QED) is 0.824. The van der Waals surface area contributed by atoms with E-state index in [2.05, 4.69) is 24.0 Å². The highest BCUT2D eigenvalue weighted by atomic mass is 32.2. The molecule has 1 heterocycles. The number of hydrogen-bond acceptors (Lipinski definition) is 4. The number of aromatic nitrogens is 1. The van der Waals surface area contributed by atoms with Gasteiger partial charge < -0.3 is 10.5 Å². The summed E-state index contributed by atoms with van der Waals surface area (Å²) in [6.07, 6.45) is 4.56. The Bertz CT molecular complexity index is 516. The van der Waals surface area contributed by atoms with Crippen LogP contribution in [0, 0.1) is 0 Å². The summed E-state index contributed by atoms with van der Waals surface area (Å²) < 4.78 is 5.21. The van der Waals surface area contributed by atoms with E-state index in [1.165, 1.54) is 10.5 Å². The number of pyridine rings is 1. The maximum atomic E-state index is 6.30. The second-order valence-corrected chi connectivity index (χ2v) is 5.78. The van der Waals surface area contributed by atoms with Crippen LogP contribution < -0.4 is 10.5 Å². The number of nitrogens with two attached hydrogens (primary N) is 1. The Morgan fingerprint density at radius 3 is 2.35 bits per heavy atom. The first-order valence-corrected chi connectivity index (χ1v) is 7.58. The van der Waals surface area contributed by atoms with Crippen LogP contribution >= 0.6 is 11.8 Å². The molecule has 20 heavy (non-hydrogen) atoms. The summed E-state index contributed by atoms with van der Waals surface area (Å²) >= 11 is 1.78. The SMILES string of the molecule is CCC(N)C(Sc1ccncc1)c1ccc(OC)cc1. The molecule has 0 spiro atoms. The molecule has 106 valence electrons. The van der Waals surface area contributed by atoms with E-state index in [0.29, 0.717) is 0 Å². The maximum absolute atomic E-state index is 6.30. The maximum Gasteiger partial charge on any atom is 0.118 e. The normalized spacial score (nSPS) is 13.8. The van der Waals surface area contributed by atoms with Crippen molar-refractivity contribution < 1.29 is 4.74 Å². The van der Waals surface area contributed by atoms with Crippen LogP contribution in [0.4, 0.5) is 0 Å². The van der Waals surface area contributed by atoms with Gasteiger partial charge in [-0.2, -0.15) is 0 Å². The van der Waals surface area contributed by atoms with Gasteiger partial charge in [0.25, 0.3) is 0 Å². The molecule has 0 aliphatic rings. The Morgan fingerprint density at radius 1 is 1.15 bits per heavy atom. The van der Waals surface area contributed by atoms with Crippen LogP contribution in [0.3, 0.4) is 0 Å². The van der Waals surface area contributed by atoms with E-state index in [9.17, 15) is 0 Å². The van der Waals surface area contributed by atoms with Gasteiger partial charge in [0.05, 0.1) is 7.11 Å². The van der Waals surface area contributed by atoms with Gasteiger partial charge in [-0.15, -0.1) is 11.8 Å². The summed E-state index contributed by atoms with van der Waals surface area (Å²) in [5, 5.41) is 0.230. The van der Waals surface area contributed by atoms with Crippen molar-refractivity contribution in [3.8, 4) is 5.75 Å². The van der Waals surface area contributed by atoms with E-state index in [4.69, 9.17) is 10.5 Å². The fraction of sp³-hybridized carbons (Fsp3) is 0.312. The van der Waals surface area contributed by atoms with Crippen molar-refractivity contribution in [1.82, 2.24) is 4.98 Å². The van der Waals surface area contributed by atoms with E-state index in [0.717, 1.165) is 12.2 Å². The van der Waals surface area contributed by atoms with Gasteiger partial charge in [-0.3, -0.25) is 4.98 Å². The number of nitrogens with zero attached hydrogens (tertiary/aromatic N) is 1. The zero-order valence-corrected chi connectivity index (χ0v) is 12.6. The van der Waals surface area contributed by atoms with Crippen molar-refractivity contribution in [3.63, 3.8) is 0 Å². The lowest BCUT2D eigenvalue weighted by Gasteiger charge is -2.23. The molecule has 1 aromatic heterocycles. The minimum absolute atomic E-state index is 0.113. The van der Waals surface area contributed by atoms with Gasteiger partial charge in [-0.1, -0.05) is 19.1 Å². The lowest BCUT2D eigenvalue weighted by Crippen LogP contribution is -2.25. The minimum atomic E-state index is 0.113. The molecule has 4 heteroatoms. The third-order valence-corrected chi connectivity index (χ3v) is 4.64. The molecule has 3 nitrogen and oxygen atoms in total. The molecule has 0 aliphatic heterocycles. The van der Waals surface area contributed by atoms with Crippen molar-refractivity contribution in [2.24, 2.45) is 5.73 Å². The highest BCUT2D eigenvalue weighted by Gasteiger charge is 2.20. The fourth-order valence-electron chi connectivity index (χ4n) is 1.97. The largest absolute Gasteiger partial charge is 0.497 e. The van der Waals surface area contributed by atoms with Gasteiger partial charge in [-0.05, 0) is 36.2 Å².